The molecular formula is C22H30N2O3. The molecular weight excluding hydrogens is 340 g/mol. The van der Waals surface area contributed by atoms with Crippen LogP contribution in [-0.4, -0.2) is 25.2 Å². The van der Waals surface area contributed by atoms with Crippen LogP contribution in [0.1, 0.15) is 38.3 Å². The van der Waals surface area contributed by atoms with Crippen molar-refractivity contribution >= 4 is 11.6 Å². The molecule has 0 saturated heterocycles. The molecule has 5 nitrogen and oxygen atoms in total. The first-order valence-electron chi connectivity index (χ1n) is 9.25. The summed E-state index contributed by atoms with van der Waals surface area (Å²) in [5, 5.41) is 6.35. The van der Waals surface area contributed by atoms with Crippen molar-refractivity contribution in [1.82, 2.24) is 5.32 Å². The van der Waals surface area contributed by atoms with Crippen LogP contribution >= 0.6 is 0 Å². The van der Waals surface area contributed by atoms with E-state index in [0.29, 0.717) is 18.0 Å². The van der Waals surface area contributed by atoms with Crippen molar-refractivity contribution in [1.29, 1.82) is 0 Å². The Kier molecular flexibility index (Phi) is 7.25. The maximum atomic E-state index is 12.3. The molecule has 0 aromatic heterocycles. The highest BCUT2D eigenvalue weighted by molar-refractivity contribution is 5.91. The fraction of sp³-hybridized carbons (Fsp3) is 0.409. The van der Waals surface area contributed by atoms with Crippen LogP contribution in [0.2, 0.25) is 0 Å². The predicted octanol–water partition coefficient (Wildman–Crippen LogP) is 4.30. The molecule has 0 heterocycles. The molecule has 0 aliphatic rings. The molecule has 146 valence electrons. The number of nitrogens with one attached hydrogen (secondary N) is 2. The van der Waals surface area contributed by atoms with Gasteiger partial charge in [0, 0.05) is 23.3 Å². The summed E-state index contributed by atoms with van der Waals surface area (Å²) >= 11 is 0. The Balaban J connectivity index is 2.05. The van der Waals surface area contributed by atoms with Gasteiger partial charge in [0.05, 0.1) is 7.11 Å². The number of carbonyl (C=O) groups excluding carboxylic acids is 1. The summed E-state index contributed by atoms with van der Waals surface area (Å²) in [5.74, 6) is 1.00. The van der Waals surface area contributed by atoms with Gasteiger partial charge in [0.1, 0.15) is 0 Å². The first-order valence-corrected chi connectivity index (χ1v) is 9.25. The number of hydrogen-bond donors (Lipinski definition) is 2. The molecule has 0 aliphatic carbocycles. The van der Waals surface area contributed by atoms with Gasteiger partial charge in [-0.1, -0.05) is 36.8 Å². The van der Waals surface area contributed by atoms with Crippen LogP contribution in [0.15, 0.2) is 42.5 Å². The van der Waals surface area contributed by atoms with Crippen LogP contribution in [0.3, 0.4) is 0 Å². The Morgan fingerprint density at radius 1 is 1.11 bits per heavy atom. The van der Waals surface area contributed by atoms with Crippen LogP contribution in [0.25, 0.3) is 0 Å². The first-order chi connectivity index (χ1) is 12.8. The zero-order valence-corrected chi connectivity index (χ0v) is 16.9. The van der Waals surface area contributed by atoms with Gasteiger partial charge in [0.25, 0.3) is 5.91 Å². The summed E-state index contributed by atoms with van der Waals surface area (Å²) < 4.78 is 11.3. The summed E-state index contributed by atoms with van der Waals surface area (Å²) in [5.41, 5.74) is 2.87. The van der Waals surface area contributed by atoms with E-state index in [4.69, 9.17) is 9.47 Å². The molecule has 1 amide bonds. The van der Waals surface area contributed by atoms with Gasteiger partial charge in [-0.2, -0.15) is 0 Å². The molecule has 0 radical (unpaired) electrons. The Morgan fingerprint density at radius 3 is 2.44 bits per heavy atom. The minimum absolute atomic E-state index is 0.0170. The molecule has 2 rings (SSSR count). The molecule has 0 saturated carbocycles. The van der Waals surface area contributed by atoms with Crippen LogP contribution in [-0.2, 0) is 11.3 Å². The predicted molar refractivity (Wildman–Crippen MR) is 110 cm³/mol. The van der Waals surface area contributed by atoms with Gasteiger partial charge in [0.15, 0.2) is 18.1 Å². The smallest absolute Gasteiger partial charge is 0.262 e. The van der Waals surface area contributed by atoms with Gasteiger partial charge >= 0.3 is 0 Å². The Labute approximate surface area is 162 Å². The summed E-state index contributed by atoms with van der Waals surface area (Å²) in [7, 11) is 1.60. The number of ether oxygens (including phenoxy) is 2. The molecule has 0 unspecified atom stereocenters. The highest BCUT2D eigenvalue weighted by atomic mass is 16.5. The van der Waals surface area contributed by atoms with Crippen LogP contribution in [0.4, 0.5) is 5.69 Å². The Bertz CT molecular complexity index is 755. The second kappa shape index (κ2) is 9.42. The topological polar surface area (TPSA) is 59.6 Å². The highest BCUT2D eigenvalue weighted by Crippen LogP contribution is 2.31. The minimum atomic E-state index is -0.211. The van der Waals surface area contributed by atoms with Crippen molar-refractivity contribution < 1.29 is 14.3 Å². The number of hydrogen-bond acceptors (Lipinski definition) is 4. The van der Waals surface area contributed by atoms with Crippen molar-refractivity contribution in [3.63, 3.8) is 0 Å². The maximum Gasteiger partial charge on any atom is 0.262 e. The van der Waals surface area contributed by atoms with Gasteiger partial charge in [-0.25, -0.2) is 0 Å². The van der Waals surface area contributed by atoms with Crippen LogP contribution < -0.4 is 20.1 Å². The van der Waals surface area contributed by atoms with E-state index in [1.165, 1.54) is 0 Å². The van der Waals surface area contributed by atoms with Crippen LogP contribution in [0, 0.1) is 6.92 Å². The zero-order chi connectivity index (χ0) is 19.9. The molecule has 5 heteroatoms. The molecule has 27 heavy (non-hydrogen) atoms. The molecule has 2 N–H and O–H groups in total. The maximum absolute atomic E-state index is 12.3. The third-order valence-corrected chi connectivity index (χ3v) is 4.60. The van der Waals surface area contributed by atoms with E-state index in [1.54, 1.807) is 7.11 Å². The van der Waals surface area contributed by atoms with E-state index in [9.17, 15) is 4.79 Å². The third-order valence-electron chi connectivity index (χ3n) is 4.60. The van der Waals surface area contributed by atoms with E-state index in [1.807, 2.05) is 49.4 Å². The molecule has 0 fully saturated rings. The molecule has 0 bridgehead atoms. The third kappa shape index (κ3) is 6.29. The lowest BCUT2D eigenvalue weighted by Gasteiger charge is -2.25. The number of aryl methyl sites for hydroxylation is 1. The average Bonchev–Trinajstić information content (AvgIpc) is 2.66. The first kappa shape index (κ1) is 20.8. The zero-order valence-electron chi connectivity index (χ0n) is 16.9. The van der Waals surface area contributed by atoms with Crippen molar-refractivity contribution in [2.45, 2.75) is 46.2 Å². The van der Waals surface area contributed by atoms with Gasteiger partial charge in [-0.05, 0) is 45.4 Å². The monoisotopic (exact) mass is 370 g/mol. The van der Waals surface area contributed by atoms with E-state index >= 15 is 0 Å². The lowest BCUT2D eigenvalue weighted by atomic mass is 10.0. The van der Waals surface area contributed by atoms with Gasteiger partial charge in [-0.3, -0.25) is 4.79 Å². The summed E-state index contributed by atoms with van der Waals surface area (Å²) in [6.07, 6.45) is 1.01. The van der Waals surface area contributed by atoms with Crippen molar-refractivity contribution in [2.24, 2.45) is 0 Å². The van der Waals surface area contributed by atoms with E-state index < -0.39 is 0 Å². The summed E-state index contributed by atoms with van der Waals surface area (Å²) in [6, 6.07) is 13.4. The number of methoxy groups -OCH3 is 1. The van der Waals surface area contributed by atoms with Crippen molar-refractivity contribution in [3.05, 3.63) is 53.6 Å². The molecule has 0 spiro atoms. The fourth-order valence-electron chi connectivity index (χ4n) is 2.46. The van der Waals surface area contributed by atoms with Crippen LogP contribution in [0.5, 0.6) is 11.5 Å². The van der Waals surface area contributed by atoms with Crippen molar-refractivity contribution in [2.75, 3.05) is 19.0 Å². The Morgan fingerprint density at radius 2 is 1.81 bits per heavy atom. The molecule has 2 aromatic rings. The quantitative estimate of drug-likeness (QED) is 0.691. The van der Waals surface area contributed by atoms with Gasteiger partial charge < -0.3 is 20.1 Å². The normalized spacial score (nSPS) is 11.1. The van der Waals surface area contributed by atoms with E-state index in [2.05, 4.69) is 31.4 Å². The SMILES string of the molecule is CCC(C)(C)NCc1cccc(OC)c1OCC(=O)Nc1ccc(C)cc1. The summed E-state index contributed by atoms with van der Waals surface area (Å²) in [4.78, 5) is 12.3. The molecule has 2 aromatic carbocycles. The standard InChI is InChI=1S/C22H30N2O3/c1-6-22(3,4)23-14-17-8-7-9-19(26-5)21(17)27-15-20(25)24-18-12-10-16(2)11-13-18/h7-13,23H,6,14-15H2,1-5H3,(H,24,25). The van der Waals surface area contributed by atoms with E-state index in [-0.39, 0.29) is 18.1 Å². The second-order valence-electron chi connectivity index (χ2n) is 7.24. The largest absolute Gasteiger partial charge is 0.493 e. The summed E-state index contributed by atoms with van der Waals surface area (Å²) in [6.45, 7) is 9.01. The number of amides is 1. The number of benzene rings is 2. The van der Waals surface area contributed by atoms with Crippen molar-refractivity contribution in [3.8, 4) is 11.5 Å². The highest BCUT2D eigenvalue weighted by Gasteiger charge is 2.17. The lowest BCUT2D eigenvalue weighted by Crippen LogP contribution is -2.37. The lowest BCUT2D eigenvalue weighted by molar-refractivity contribution is -0.118. The average molecular weight is 370 g/mol. The van der Waals surface area contributed by atoms with Gasteiger partial charge in [-0.15, -0.1) is 0 Å². The molecule has 0 atom stereocenters. The number of carbonyl (C=O) groups is 1. The minimum Gasteiger partial charge on any atom is -0.493 e. The number of rotatable bonds is 9. The fourth-order valence-corrected chi connectivity index (χ4v) is 2.46. The second-order valence-corrected chi connectivity index (χ2v) is 7.24. The van der Waals surface area contributed by atoms with E-state index in [0.717, 1.165) is 23.2 Å². The van der Waals surface area contributed by atoms with Gasteiger partial charge in [0.2, 0.25) is 0 Å². The Hall–Kier alpha value is -2.53. The number of anilines is 1. The number of para-hydroxylation sites is 1. The molecule has 0 aliphatic heterocycles.